The van der Waals surface area contributed by atoms with Gasteiger partial charge in [-0.1, -0.05) is 45.0 Å². The molecular weight excluding hydrogens is 348 g/mol. The van der Waals surface area contributed by atoms with E-state index in [0.29, 0.717) is 22.9 Å². The monoisotopic (exact) mass is 374 g/mol. The Hall–Kier alpha value is -3.14. The zero-order chi connectivity index (χ0) is 20.1. The van der Waals surface area contributed by atoms with Crippen molar-refractivity contribution in [2.24, 2.45) is 0 Å². The fourth-order valence-electron chi connectivity index (χ4n) is 3.00. The van der Waals surface area contributed by atoms with Crippen molar-refractivity contribution in [3.63, 3.8) is 0 Å². The fraction of sp³-hybridized carbons (Fsp3) is 0.250. The first kappa shape index (κ1) is 19.6. The Labute approximate surface area is 166 Å². The predicted molar refractivity (Wildman–Crippen MR) is 113 cm³/mol. The van der Waals surface area contributed by atoms with Gasteiger partial charge in [0.2, 0.25) is 0 Å². The molecule has 0 aliphatic carbocycles. The number of benzene rings is 2. The topological polar surface area (TPSA) is 51.2 Å². The van der Waals surface area contributed by atoms with Gasteiger partial charge in [-0.3, -0.25) is 9.78 Å². The van der Waals surface area contributed by atoms with Crippen LogP contribution in [0.4, 0.5) is 5.69 Å². The molecule has 0 aliphatic rings. The van der Waals surface area contributed by atoms with Gasteiger partial charge in [0.15, 0.2) is 0 Å². The zero-order valence-corrected chi connectivity index (χ0v) is 16.8. The highest BCUT2D eigenvalue weighted by molar-refractivity contribution is 6.05. The third-order valence-corrected chi connectivity index (χ3v) is 4.62. The Morgan fingerprint density at radius 1 is 1.07 bits per heavy atom. The molecule has 1 heterocycles. The van der Waals surface area contributed by atoms with Crippen LogP contribution in [0.25, 0.3) is 0 Å². The average molecular weight is 374 g/mol. The van der Waals surface area contributed by atoms with Crippen LogP contribution in [0.3, 0.4) is 0 Å². The van der Waals surface area contributed by atoms with E-state index in [1.165, 1.54) is 0 Å². The second kappa shape index (κ2) is 8.70. The van der Waals surface area contributed by atoms with Crippen molar-refractivity contribution in [3.05, 3.63) is 83.2 Å². The van der Waals surface area contributed by atoms with E-state index >= 15 is 0 Å². The predicted octanol–water partition coefficient (Wildman–Crippen LogP) is 6.12. The number of carbonyl (C=O) groups excluding carboxylic acids is 1. The van der Waals surface area contributed by atoms with Gasteiger partial charge >= 0.3 is 0 Å². The van der Waals surface area contributed by atoms with Gasteiger partial charge in [0.05, 0.1) is 11.3 Å². The number of aryl methyl sites for hydroxylation is 2. The molecule has 0 bridgehead atoms. The molecule has 0 radical (unpaired) electrons. The molecule has 4 heteroatoms. The maximum Gasteiger partial charge on any atom is 0.257 e. The van der Waals surface area contributed by atoms with Crippen LogP contribution in [0.15, 0.2) is 60.7 Å². The highest BCUT2D eigenvalue weighted by atomic mass is 16.5. The minimum absolute atomic E-state index is 0.175. The second-order valence-electron chi connectivity index (χ2n) is 7.07. The minimum Gasteiger partial charge on any atom is -0.457 e. The lowest BCUT2D eigenvalue weighted by atomic mass is 10.1. The van der Waals surface area contributed by atoms with Crippen LogP contribution in [-0.4, -0.2) is 10.9 Å². The molecule has 0 saturated carbocycles. The number of pyridine rings is 1. The maximum absolute atomic E-state index is 12.7. The standard InChI is InChI=1S/C24H26N2O2/c1-5-18-9-6-7-12-23(18)28-20-11-8-10-19(15-20)26-24(27)21-13-14-22(16(2)3)25-17(21)4/h6-16H,5H2,1-4H3,(H,26,27). The number of aromatic nitrogens is 1. The van der Waals surface area contributed by atoms with Crippen molar-refractivity contribution >= 4 is 11.6 Å². The summed E-state index contributed by atoms with van der Waals surface area (Å²) < 4.78 is 6.03. The number of para-hydroxylation sites is 1. The Kier molecular flexibility index (Phi) is 6.09. The van der Waals surface area contributed by atoms with Crippen molar-refractivity contribution in [1.82, 2.24) is 4.98 Å². The molecule has 28 heavy (non-hydrogen) atoms. The van der Waals surface area contributed by atoms with E-state index in [9.17, 15) is 4.79 Å². The third kappa shape index (κ3) is 4.58. The normalized spacial score (nSPS) is 10.8. The SMILES string of the molecule is CCc1ccccc1Oc1cccc(NC(=O)c2ccc(C(C)C)nc2C)c1. The van der Waals surface area contributed by atoms with E-state index in [2.05, 4.69) is 37.1 Å². The van der Waals surface area contributed by atoms with Crippen molar-refractivity contribution in [1.29, 1.82) is 0 Å². The Balaban J connectivity index is 1.76. The van der Waals surface area contributed by atoms with Crippen molar-refractivity contribution < 1.29 is 9.53 Å². The van der Waals surface area contributed by atoms with Crippen molar-refractivity contribution in [3.8, 4) is 11.5 Å². The molecule has 0 fully saturated rings. The van der Waals surface area contributed by atoms with Gasteiger partial charge in [-0.2, -0.15) is 0 Å². The van der Waals surface area contributed by atoms with Crippen LogP contribution in [0.5, 0.6) is 11.5 Å². The molecule has 144 valence electrons. The smallest absolute Gasteiger partial charge is 0.257 e. The van der Waals surface area contributed by atoms with Gasteiger partial charge in [0, 0.05) is 17.4 Å². The van der Waals surface area contributed by atoms with Gasteiger partial charge in [-0.05, 0) is 55.2 Å². The molecule has 0 saturated heterocycles. The van der Waals surface area contributed by atoms with E-state index in [0.717, 1.165) is 29.1 Å². The van der Waals surface area contributed by atoms with E-state index in [1.54, 1.807) is 0 Å². The first-order valence-corrected chi connectivity index (χ1v) is 9.62. The quantitative estimate of drug-likeness (QED) is 0.565. The molecule has 0 atom stereocenters. The highest BCUT2D eigenvalue weighted by Crippen LogP contribution is 2.27. The van der Waals surface area contributed by atoms with Gasteiger partial charge in [0.1, 0.15) is 11.5 Å². The summed E-state index contributed by atoms with van der Waals surface area (Å²) in [5.74, 6) is 1.67. The number of rotatable bonds is 6. The lowest BCUT2D eigenvalue weighted by Crippen LogP contribution is -2.14. The van der Waals surface area contributed by atoms with Crippen LogP contribution in [0.1, 0.15) is 54.0 Å². The van der Waals surface area contributed by atoms with Gasteiger partial charge in [0.25, 0.3) is 5.91 Å². The van der Waals surface area contributed by atoms with E-state index in [-0.39, 0.29) is 5.91 Å². The van der Waals surface area contributed by atoms with Crippen molar-refractivity contribution in [2.75, 3.05) is 5.32 Å². The molecule has 0 aliphatic heterocycles. The Morgan fingerprint density at radius 3 is 2.57 bits per heavy atom. The summed E-state index contributed by atoms with van der Waals surface area (Å²) >= 11 is 0. The number of ether oxygens (including phenoxy) is 1. The summed E-state index contributed by atoms with van der Waals surface area (Å²) in [5, 5.41) is 2.94. The lowest BCUT2D eigenvalue weighted by molar-refractivity contribution is 0.102. The van der Waals surface area contributed by atoms with Crippen molar-refractivity contribution in [2.45, 2.75) is 40.0 Å². The van der Waals surface area contributed by atoms with Crippen LogP contribution < -0.4 is 10.1 Å². The number of amides is 1. The number of anilines is 1. The zero-order valence-electron chi connectivity index (χ0n) is 16.8. The van der Waals surface area contributed by atoms with Gasteiger partial charge < -0.3 is 10.1 Å². The Bertz CT molecular complexity index is 980. The maximum atomic E-state index is 12.7. The molecular formula is C24H26N2O2. The van der Waals surface area contributed by atoms with Gasteiger partial charge in [-0.25, -0.2) is 0 Å². The number of hydrogen-bond acceptors (Lipinski definition) is 3. The average Bonchev–Trinajstić information content (AvgIpc) is 2.68. The molecule has 3 rings (SSSR count). The fourth-order valence-corrected chi connectivity index (χ4v) is 3.00. The Morgan fingerprint density at radius 2 is 1.86 bits per heavy atom. The second-order valence-corrected chi connectivity index (χ2v) is 7.07. The largest absolute Gasteiger partial charge is 0.457 e. The lowest BCUT2D eigenvalue weighted by Gasteiger charge is -2.13. The number of carbonyl (C=O) groups is 1. The van der Waals surface area contributed by atoms with Crippen LogP contribution in [0.2, 0.25) is 0 Å². The first-order chi connectivity index (χ1) is 13.5. The van der Waals surface area contributed by atoms with Gasteiger partial charge in [-0.15, -0.1) is 0 Å². The molecule has 1 aromatic heterocycles. The minimum atomic E-state index is -0.175. The number of nitrogens with zero attached hydrogens (tertiary/aromatic N) is 1. The van der Waals surface area contributed by atoms with Crippen LogP contribution in [0, 0.1) is 6.92 Å². The third-order valence-electron chi connectivity index (χ3n) is 4.62. The first-order valence-electron chi connectivity index (χ1n) is 9.62. The molecule has 4 nitrogen and oxygen atoms in total. The van der Waals surface area contributed by atoms with Crippen LogP contribution in [-0.2, 0) is 6.42 Å². The van der Waals surface area contributed by atoms with E-state index in [4.69, 9.17) is 4.74 Å². The summed E-state index contributed by atoms with van der Waals surface area (Å²) in [6.45, 7) is 8.13. The molecule has 1 amide bonds. The molecule has 2 aromatic carbocycles. The summed E-state index contributed by atoms with van der Waals surface area (Å²) in [6.07, 6.45) is 0.894. The highest BCUT2D eigenvalue weighted by Gasteiger charge is 2.13. The summed E-state index contributed by atoms with van der Waals surface area (Å²) in [7, 11) is 0. The molecule has 0 unspecified atom stereocenters. The molecule has 3 aromatic rings. The number of nitrogens with one attached hydrogen (secondary N) is 1. The molecule has 1 N–H and O–H groups in total. The van der Waals surface area contributed by atoms with E-state index in [1.807, 2.05) is 61.5 Å². The van der Waals surface area contributed by atoms with Crippen LogP contribution >= 0.6 is 0 Å². The summed E-state index contributed by atoms with van der Waals surface area (Å²) in [5.41, 5.74) is 4.12. The van der Waals surface area contributed by atoms with E-state index < -0.39 is 0 Å². The summed E-state index contributed by atoms with van der Waals surface area (Å²) in [6, 6.07) is 19.1. The molecule has 0 spiro atoms. The number of hydrogen-bond donors (Lipinski definition) is 1. The summed E-state index contributed by atoms with van der Waals surface area (Å²) in [4.78, 5) is 17.2.